The van der Waals surface area contributed by atoms with Crippen molar-refractivity contribution in [2.75, 3.05) is 20.1 Å². The quantitative estimate of drug-likeness (QED) is 0.835. The number of rotatable bonds is 6. The molecule has 1 aromatic rings. The van der Waals surface area contributed by atoms with E-state index in [1.54, 1.807) is 13.0 Å². The van der Waals surface area contributed by atoms with Crippen molar-refractivity contribution < 1.29 is 4.39 Å². The SMILES string of the molecule is Cc1ccc(C(C)NCCN(C)C2CC2)cc1F. The molecule has 1 aliphatic carbocycles. The van der Waals surface area contributed by atoms with Gasteiger partial charge in [0, 0.05) is 25.2 Å². The predicted molar refractivity (Wildman–Crippen MR) is 73.2 cm³/mol. The van der Waals surface area contributed by atoms with Gasteiger partial charge in [0.05, 0.1) is 0 Å². The summed E-state index contributed by atoms with van der Waals surface area (Å²) in [5.74, 6) is -0.115. The van der Waals surface area contributed by atoms with Crippen molar-refractivity contribution in [3.8, 4) is 0 Å². The first-order chi connectivity index (χ1) is 8.58. The Morgan fingerprint density at radius 3 is 2.78 bits per heavy atom. The highest BCUT2D eigenvalue weighted by molar-refractivity contribution is 5.25. The van der Waals surface area contributed by atoms with Crippen LogP contribution in [0.25, 0.3) is 0 Å². The molecular weight excluding hydrogens is 227 g/mol. The molecule has 0 spiro atoms. The van der Waals surface area contributed by atoms with E-state index in [1.807, 2.05) is 12.1 Å². The van der Waals surface area contributed by atoms with Crippen molar-refractivity contribution in [2.24, 2.45) is 0 Å². The molecule has 1 aliphatic rings. The molecule has 0 aromatic heterocycles. The second kappa shape index (κ2) is 5.81. The Bertz CT molecular complexity index is 401. The van der Waals surface area contributed by atoms with Crippen LogP contribution in [0.3, 0.4) is 0 Å². The Hall–Kier alpha value is -0.930. The Kier molecular flexibility index (Phi) is 4.36. The number of nitrogens with zero attached hydrogens (tertiary/aromatic N) is 1. The Balaban J connectivity index is 1.79. The number of hydrogen-bond acceptors (Lipinski definition) is 2. The van der Waals surface area contributed by atoms with Gasteiger partial charge in [0.2, 0.25) is 0 Å². The highest BCUT2D eigenvalue weighted by Gasteiger charge is 2.25. The van der Waals surface area contributed by atoms with Crippen molar-refractivity contribution in [1.82, 2.24) is 10.2 Å². The van der Waals surface area contributed by atoms with Gasteiger partial charge in [-0.2, -0.15) is 0 Å². The highest BCUT2D eigenvalue weighted by atomic mass is 19.1. The largest absolute Gasteiger partial charge is 0.309 e. The predicted octanol–water partition coefficient (Wildman–Crippen LogP) is 2.88. The molecule has 1 fully saturated rings. The molecule has 1 unspecified atom stereocenters. The van der Waals surface area contributed by atoms with Crippen molar-refractivity contribution in [1.29, 1.82) is 0 Å². The fourth-order valence-electron chi connectivity index (χ4n) is 2.15. The zero-order valence-electron chi connectivity index (χ0n) is 11.5. The minimum atomic E-state index is -0.115. The van der Waals surface area contributed by atoms with Gasteiger partial charge < -0.3 is 10.2 Å². The summed E-state index contributed by atoms with van der Waals surface area (Å²) < 4.78 is 13.5. The number of hydrogen-bond donors (Lipinski definition) is 1. The number of halogens is 1. The summed E-state index contributed by atoms with van der Waals surface area (Å²) in [6.07, 6.45) is 2.68. The van der Waals surface area contributed by atoms with E-state index < -0.39 is 0 Å². The van der Waals surface area contributed by atoms with E-state index in [0.717, 1.165) is 24.7 Å². The maximum atomic E-state index is 13.5. The molecule has 18 heavy (non-hydrogen) atoms. The minimum absolute atomic E-state index is 0.115. The van der Waals surface area contributed by atoms with E-state index in [1.165, 1.54) is 12.8 Å². The molecule has 0 aliphatic heterocycles. The number of nitrogens with one attached hydrogen (secondary N) is 1. The van der Waals surface area contributed by atoms with Gasteiger partial charge in [0.15, 0.2) is 0 Å². The third-order valence-electron chi connectivity index (χ3n) is 3.78. The van der Waals surface area contributed by atoms with Crippen LogP contribution in [0, 0.1) is 12.7 Å². The van der Waals surface area contributed by atoms with E-state index in [4.69, 9.17) is 0 Å². The Morgan fingerprint density at radius 1 is 1.44 bits per heavy atom. The molecular formula is C15H23FN2. The molecule has 2 rings (SSSR count). The van der Waals surface area contributed by atoms with E-state index in [0.29, 0.717) is 5.56 Å². The number of aryl methyl sites for hydroxylation is 1. The van der Waals surface area contributed by atoms with Crippen LogP contribution in [0.4, 0.5) is 4.39 Å². The lowest BCUT2D eigenvalue weighted by molar-refractivity contribution is 0.316. The Morgan fingerprint density at radius 2 is 2.17 bits per heavy atom. The van der Waals surface area contributed by atoms with Crippen LogP contribution in [0.1, 0.15) is 36.9 Å². The normalized spacial score (nSPS) is 17.2. The van der Waals surface area contributed by atoms with Crippen LogP contribution in [-0.2, 0) is 0 Å². The summed E-state index contributed by atoms with van der Waals surface area (Å²) in [4.78, 5) is 2.40. The smallest absolute Gasteiger partial charge is 0.126 e. The van der Waals surface area contributed by atoms with Gasteiger partial charge in [-0.15, -0.1) is 0 Å². The van der Waals surface area contributed by atoms with Crippen molar-refractivity contribution in [3.05, 3.63) is 35.1 Å². The summed E-state index contributed by atoms with van der Waals surface area (Å²) in [6, 6.07) is 6.49. The maximum absolute atomic E-state index is 13.5. The average molecular weight is 250 g/mol. The lowest BCUT2D eigenvalue weighted by atomic mass is 10.1. The van der Waals surface area contributed by atoms with Crippen molar-refractivity contribution >= 4 is 0 Å². The van der Waals surface area contributed by atoms with Crippen molar-refractivity contribution in [3.63, 3.8) is 0 Å². The molecule has 1 saturated carbocycles. The van der Waals surface area contributed by atoms with Crippen molar-refractivity contribution in [2.45, 2.75) is 38.8 Å². The second-order valence-corrected chi connectivity index (χ2v) is 5.40. The molecule has 0 saturated heterocycles. The molecule has 0 radical (unpaired) electrons. The summed E-state index contributed by atoms with van der Waals surface area (Å²) >= 11 is 0. The fraction of sp³-hybridized carbons (Fsp3) is 0.600. The summed E-state index contributed by atoms with van der Waals surface area (Å²) in [7, 11) is 2.18. The lowest BCUT2D eigenvalue weighted by Gasteiger charge is -2.19. The van der Waals surface area contributed by atoms with Gasteiger partial charge in [0.25, 0.3) is 0 Å². The first-order valence-electron chi connectivity index (χ1n) is 6.77. The van der Waals surface area contributed by atoms with Crippen LogP contribution >= 0.6 is 0 Å². The molecule has 3 heteroatoms. The molecule has 0 amide bonds. The molecule has 1 aromatic carbocycles. The first-order valence-corrected chi connectivity index (χ1v) is 6.77. The number of benzene rings is 1. The van der Waals surface area contributed by atoms with E-state index in [9.17, 15) is 4.39 Å². The molecule has 0 heterocycles. The van der Waals surface area contributed by atoms with Gasteiger partial charge in [-0.05, 0) is 50.9 Å². The second-order valence-electron chi connectivity index (χ2n) is 5.40. The van der Waals surface area contributed by atoms with Crippen LogP contribution in [0.15, 0.2) is 18.2 Å². The molecule has 100 valence electrons. The van der Waals surface area contributed by atoms with Gasteiger partial charge in [-0.25, -0.2) is 4.39 Å². The lowest BCUT2D eigenvalue weighted by Crippen LogP contribution is -2.32. The Labute approximate surface area is 109 Å². The molecule has 1 atom stereocenters. The van der Waals surface area contributed by atoms with Gasteiger partial charge in [-0.1, -0.05) is 12.1 Å². The van der Waals surface area contributed by atoms with Gasteiger partial charge in [0.1, 0.15) is 5.82 Å². The third-order valence-corrected chi connectivity index (χ3v) is 3.78. The molecule has 0 bridgehead atoms. The fourth-order valence-corrected chi connectivity index (χ4v) is 2.15. The van der Waals surface area contributed by atoms with Crippen LogP contribution in [0.5, 0.6) is 0 Å². The highest BCUT2D eigenvalue weighted by Crippen LogP contribution is 2.24. The van der Waals surface area contributed by atoms with Crippen LogP contribution < -0.4 is 5.32 Å². The van der Waals surface area contributed by atoms with Gasteiger partial charge >= 0.3 is 0 Å². The standard InChI is InChI=1S/C15H23FN2/c1-11-4-5-13(10-15(11)16)12(2)17-8-9-18(3)14-6-7-14/h4-5,10,12,14,17H,6-9H2,1-3H3. The zero-order valence-corrected chi connectivity index (χ0v) is 11.5. The summed E-state index contributed by atoms with van der Waals surface area (Å²) in [5.41, 5.74) is 1.73. The summed E-state index contributed by atoms with van der Waals surface area (Å²) in [5, 5.41) is 3.45. The van der Waals surface area contributed by atoms with E-state index in [2.05, 4.69) is 24.2 Å². The average Bonchev–Trinajstić information content (AvgIpc) is 3.16. The van der Waals surface area contributed by atoms with Crippen LogP contribution in [-0.4, -0.2) is 31.1 Å². The summed E-state index contributed by atoms with van der Waals surface area (Å²) in [6.45, 7) is 5.88. The first kappa shape index (κ1) is 13.5. The molecule has 2 nitrogen and oxygen atoms in total. The minimum Gasteiger partial charge on any atom is -0.309 e. The van der Waals surface area contributed by atoms with E-state index in [-0.39, 0.29) is 11.9 Å². The third kappa shape index (κ3) is 3.53. The van der Waals surface area contributed by atoms with E-state index >= 15 is 0 Å². The van der Waals surface area contributed by atoms with Gasteiger partial charge in [-0.3, -0.25) is 0 Å². The van der Waals surface area contributed by atoms with Crippen LogP contribution in [0.2, 0.25) is 0 Å². The zero-order chi connectivity index (χ0) is 13.1. The maximum Gasteiger partial charge on any atom is 0.126 e. The molecule has 1 N–H and O–H groups in total. The monoisotopic (exact) mass is 250 g/mol. The topological polar surface area (TPSA) is 15.3 Å². The number of likely N-dealkylation sites (N-methyl/N-ethyl adjacent to an activating group) is 1.